The predicted molar refractivity (Wildman–Crippen MR) is 97.9 cm³/mol. The summed E-state index contributed by atoms with van der Waals surface area (Å²) >= 11 is 12.1. The van der Waals surface area contributed by atoms with Gasteiger partial charge in [-0.05, 0) is 35.4 Å². The van der Waals surface area contributed by atoms with Crippen molar-refractivity contribution in [3.63, 3.8) is 0 Å². The number of carbonyl (C=O) groups excluding carboxylic acids is 1. The van der Waals surface area contributed by atoms with Crippen molar-refractivity contribution in [3.05, 3.63) is 69.5 Å². The van der Waals surface area contributed by atoms with Crippen LogP contribution in [0.1, 0.15) is 23.3 Å². The van der Waals surface area contributed by atoms with Crippen LogP contribution in [0.5, 0.6) is 0 Å². The number of halogens is 3. The molecule has 0 amide bonds. The monoisotopic (exact) mass is 397 g/mol. The Labute approximate surface area is 161 Å². The van der Waals surface area contributed by atoms with E-state index in [1.165, 1.54) is 19.2 Å². The van der Waals surface area contributed by atoms with Gasteiger partial charge in [-0.1, -0.05) is 41.4 Å². The molecule has 1 heterocycles. The molecule has 1 fully saturated rings. The van der Waals surface area contributed by atoms with E-state index in [0.29, 0.717) is 35.3 Å². The van der Waals surface area contributed by atoms with Gasteiger partial charge in [0.2, 0.25) is 0 Å². The standard InChI is InChI=1S/C19H18Cl2FNO3/c1-25-19(24)18(12-2-5-14(22)6-3-12)23-8-9-26-17(11-23)13-4-7-15(20)16(21)10-13/h2-7,10,17-18H,8-9,11H2,1H3. The molecule has 1 saturated heterocycles. The maximum Gasteiger partial charge on any atom is 0.327 e. The number of benzene rings is 2. The van der Waals surface area contributed by atoms with Gasteiger partial charge in [0.1, 0.15) is 11.9 Å². The van der Waals surface area contributed by atoms with E-state index in [9.17, 15) is 9.18 Å². The molecule has 2 aromatic carbocycles. The third-order valence-corrected chi connectivity index (χ3v) is 5.13. The summed E-state index contributed by atoms with van der Waals surface area (Å²) in [4.78, 5) is 14.4. The highest BCUT2D eigenvalue weighted by molar-refractivity contribution is 6.42. The van der Waals surface area contributed by atoms with Crippen molar-refractivity contribution in [2.24, 2.45) is 0 Å². The number of hydrogen-bond acceptors (Lipinski definition) is 4. The first-order chi connectivity index (χ1) is 12.5. The molecule has 1 aliphatic heterocycles. The van der Waals surface area contributed by atoms with E-state index < -0.39 is 12.0 Å². The van der Waals surface area contributed by atoms with Gasteiger partial charge in [-0.25, -0.2) is 9.18 Å². The van der Waals surface area contributed by atoms with E-state index in [0.717, 1.165) is 5.56 Å². The fraction of sp³-hybridized carbons (Fsp3) is 0.316. The number of carbonyl (C=O) groups is 1. The zero-order chi connectivity index (χ0) is 18.7. The van der Waals surface area contributed by atoms with Crippen LogP contribution < -0.4 is 0 Å². The quantitative estimate of drug-likeness (QED) is 0.715. The first-order valence-corrected chi connectivity index (χ1v) is 8.89. The van der Waals surface area contributed by atoms with E-state index >= 15 is 0 Å². The lowest BCUT2D eigenvalue weighted by atomic mass is 10.0. The minimum absolute atomic E-state index is 0.258. The minimum atomic E-state index is -0.630. The van der Waals surface area contributed by atoms with Crippen LogP contribution in [0.15, 0.2) is 42.5 Å². The number of nitrogens with zero attached hydrogens (tertiary/aromatic N) is 1. The lowest BCUT2D eigenvalue weighted by Crippen LogP contribution is -2.43. The molecule has 0 radical (unpaired) electrons. The summed E-state index contributed by atoms with van der Waals surface area (Å²) < 4.78 is 24.1. The number of hydrogen-bond donors (Lipinski definition) is 0. The van der Waals surface area contributed by atoms with Gasteiger partial charge < -0.3 is 9.47 Å². The summed E-state index contributed by atoms with van der Waals surface area (Å²) in [6, 6.07) is 10.6. The van der Waals surface area contributed by atoms with E-state index in [1.54, 1.807) is 24.3 Å². The molecule has 0 aromatic heterocycles. The van der Waals surface area contributed by atoms with Crippen LogP contribution in [0.25, 0.3) is 0 Å². The van der Waals surface area contributed by atoms with Crippen molar-refractivity contribution >= 4 is 29.2 Å². The lowest BCUT2D eigenvalue weighted by molar-refractivity contribution is -0.150. The molecule has 2 aromatic rings. The highest BCUT2D eigenvalue weighted by Crippen LogP contribution is 2.32. The molecule has 0 spiro atoms. The van der Waals surface area contributed by atoms with Gasteiger partial charge in [-0.3, -0.25) is 4.90 Å². The van der Waals surface area contributed by atoms with E-state index in [1.807, 2.05) is 11.0 Å². The second-order valence-corrected chi connectivity index (χ2v) is 6.82. The smallest absolute Gasteiger partial charge is 0.327 e. The van der Waals surface area contributed by atoms with E-state index in [2.05, 4.69) is 0 Å². The summed E-state index contributed by atoms with van der Waals surface area (Å²) in [5.41, 5.74) is 1.56. The number of ether oxygens (including phenoxy) is 2. The number of morpholine rings is 1. The van der Waals surface area contributed by atoms with Crippen LogP contribution in [0.4, 0.5) is 4.39 Å². The summed E-state index contributed by atoms with van der Waals surface area (Å²) in [6.45, 7) is 1.46. The minimum Gasteiger partial charge on any atom is -0.468 e. The summed E-state index contributed by atoms with van der Waals surface area (Å²) in [5, 5.41) is 0.926. The van der Waals surface area contributed by atoms with Crippen molar-refractivity contribution in [1.82, 2.24) is 4.90 Å². The molecular formula is C19H18Cl2FNO3. The first kappa shape index (κ1) is 19.1. The van der Waals surface area contributed by atoms with Gasteiger partial charge in [0, 0.05) is 13.1 Å². The Morgan fingerprint density at radius 3 is 2.62 bits per heavy atom. The molecule has 4 nitrogen and oxygen atoms in total. The van der Waals surface area contributed by atoms with Crippen LogP contribution in [0.3, 0.4) is 0 Å². The van der Waals surface area contributed by atoms with Gasteiger partial charge in [0.05, 0.1) is 29.9 Å². The molecule has 2 atom stereocenters. The summed E-state index contributed by atoms with van der Waals surface area (Å²) in [7, 11) is 1.34. The molecule has 1 aliphatic rings. The Balaban J connectivity index is 1.85. The van der Waals surface area contributed by atoms with Crippen molar-refractivity contribution in [1.29, 1.82) is 0 Å². The normalized spacial score (nSPS) is 19.2. The molecule has 0 aliphatic carbocycles. The Morgan fingerprint density at radius 1 is 1.23 bits per heavy atom. The predicted octanol–water partition coefficient (Wildman–Crippen LogP) is 4.42. The van der Waals surface area contributed by atoms with Crippen LogP contribution in [0.2, 0.25) is 10.0 Å². The number of esters is 1. The zero-order valence-electron chi connectivity index (χ0n) is 14.1. The number of rotatable bonds is 4. The van der Waals surface area contributed by atoms with Crippen LogP contribution in [-0.4, -0.2) is 37.7 Å². The van der Waals surface area contributed by atoms with Gasteiger partial charge in [-0.15, -0.1) is 0 Å². The van der Waals surface area contributed by atoms with Gasteiger partial charge in [-0.2, -0.15) is 0 Å². The molecule has 7 heteroatoms. The fourth-order valence-corrected chi connectivity index (χ4v) is 3.38. The maximum atomic E-state index is 13.3. The molecule has 0 bridgehead atoms. The highest BCUT2D eigenvalue weighted by atomic mass is 35.5. The van der Waals surface area contributed by atoms with Crippen molar-refractivity contribution in [3.8, 4) is 0 Å². The lowest BCUT2D eigenvalue weighted by Gasteiger charge is -2.37. The molecular weight excluding hydrogens is 380 g/mol. The van der Waals surface area contributed by atoms with Gasteiger partial charge >= 0.3 is 5.97 Å². The second-order valence-electron chi connectivity index (χ2n) is 6.01. The second kappa shape index (κ2) is 8.35. The van der Waals surface area contributed by atoms with Gasteiger partial charge in [0.25, 0.3) is 0 Å². The summed E-state index contributed by atoms with van der Waals surface area (Å²) in [6.07, 6.45) is -0.258. The van der Waals surface area contributed by atoms with Gasteiger partial charge in [0.15, 0.2) is 0 Å². The average Bonchev–Trinajstić information content (AvgIpc) is 2.66. The largest absolute Gasteiger partial charge is 0.468 e. The van der Waals surface area contributed by atoms with E-state index in [4.69, 9.17) is 32.7 Å². The zero-order valence-corrected chi connectivity index (χ0v) is 15.6. The SMILES string of the molecule is COC(=O)C(c1ccc(F)cc1)N1CCOC(c2ccc(Cl)c(Cl)c2)C1. The molecule has 0 N–H and O–H groups in total. The first-order valence-electron chi connectivity index (χ1n) is 8.13. The average molecular weight is 398 g/mol. The third-order valence-electron chi connectivity index (χ3n) is 4.39. The topological polar surface area (TPSA) is 38.8 Å². The maximum absolute atomic E-state index is 13.3. The Kier molecular flexibility index (Phi) is 6.14. The highest BCUT2D eigenvalue weighted by Gasteiger charge is 2.33. The number of methoxy groups -OCH3 is 1. The third kappa shape index (κ3) is 4.18. The van der Waals surface area contributed by atoms with Crippen molar-refractivity contribution in [2.45, 2.75) is 12.1 Å². The molecule has 138 valence electrons. The molecule has 3 rings (SSSR count). The Morgan fingerprint density at radius 2 is 1.96 bits per heavy atom. The Hall–Kier alpha value is -1.66. The molecule has 26 heavy (non-hydrogen) atoms. The summed E-state index contributed by atoms with van der Waals surface area (Å²) in [5.74, 6) is -0.751. The fourth-order valence-electron chi connectivity index (χ4n) is 3.07. The van der Waals surface area contributed by atoms with Crippen molar-refractivity contribution < 1.29 is 18.7 Å². The molecule has 0 saturated carbocycles. The van der Waals surface area contributed by atoms with Crippen LogP contribution in [0, 0.1) is 5.82 Å². The molecule has 2 unspecified atom stereocenters. The van der Waals surface area contributed by atoms with Crippen molar-refractivity contribution in [2.75, 3.05) is 26.8 Å². The van der Waals surface area contributed by atoms with E-state index in [-0.39, 0.29) is 11.9 Å². The Bertz CT molecular complexity index is 785. The van der Waals surface area contributed by atoms with Crippen LogP contribution in [-0.2, 0) is 14.3 Å². The van der Waals surface area contributed by atoms with Crippen LogP contribution >= 0.6 is 23.2 Å².